The average Bonchev–Trinajstić information content (AvgIpc) is 3.18. The fourth-order valence-corrected chi connectivity index (χ4v) is 4.60. The van der Waals surface area contributed by atoms with E-state index in [0.717, 1.165) is 53.8 Å². The number of rotatable bonds is 7. The van der Waals surface area contributed by atoms with Gasteiger partial charge in [0.2, 0.25) is 5.91 Å². The van der Waals surface area contributed by atoms with Gasteiger partial charge in [-0.2, -0.15) is 0 Å². The van der Waals surface area contributed by atoms with Crippen LogP contribution in [0.5, 0.6) is 11.5 Å². The van der Waals surface area contributed by atoms with Gasteiger partial charge in [0.15, 0.2) is 0 Å². The van der Waals surface area contributed by atoms with Crippen molar-refractivity contribution in [3.63, 3.8) is 0 Å². The third-order valence-corrected chi connectivity index (χ3v) is 6.11. The predicted molar refractivity (Wildman–Crippen MR) is 119 cm³/mol. The van der Waals surface area contributed by atoms with Crippen molar-refractivity contribution in [2.45, 2.75) is 19.9 Å². The molecule has 0 unspecified atom stereocenters. The van der Waals surface area contributed by atoms with Gasteiger partial charge in [-0.25, -0.2) is 4.98 Å². The zero-order chi connectivity index (χ0) is 20.9. The van der Waals surface area contributed by atoms with Crippen LogP contribution in [0.3, 0.4) is 0 Å². The molecule has 0 spiro atoms. The molecule has 156 valence electrons. The quantitative estimate of drug-likeness (QED) is 0.617. The van der Waals surface area contributed by atoms with E-state index in [-0.39, 0.29) is 5.91 Å². The molecule has 2 heterocycles. The van der Waals surface area contributed by atoms with E-state index >= 15 is 0 Å². The average molecular weight is 424 g/mol. The number of hydrogen-bond donors (Lipinski definition) is 1. The van der Waals surface area contributed by atoms with Gasteiger partial charge in [0, 0.05) is 49.1 Å². The number of nitrogens with zero attached hydrogens (tertiary/aromatic N) is 2. The molecule has 3 aromatic rings. The van der Waals surface area contributed by atoms with Crippen LogP contribution in [0, 0.1) is 0 Å². The Labute approximate surface area is 180 Å². The summed E-state index contributed by atoms with van der Waals surface area (Å²) in [5.74, 6) is 1.58. The summed E-state index contributed by atoms with van der Waals surface area (Å²) < 4.78 is 11.2. The lowest BCUT2D eigenvalue weighted by atomic mass is 10.2. The smallest absolute Gasteiger partial charge is 0.221 e. The van der Waals surface area contributed by atoms with Crippen LogP contribution < -0.4 is 14.8 Å². The van der Waals surface area contributed by atoms with Crippen LogP contribution in [0.25, 0.3) is 10.6 Å². The lowest BCUT2D eigenvalue weighted by Crippen LogP contribution is -2.33. The maximum absolute atomic E-state index is 11.1. The third kappa shape index (κ3) is 4.98. The first-order valence-electron chi connectivity index (χ1n) is 9.96. The number of thiazole rings is 1. The molecule has 4 rings (SSSR count). The first-order valence-corrected chi connectivity index (χ1v) is 10.8. The number of benzene rings is 2. The second-order valence-corrected chi connectivity index (χ2v) is 8.28. The van der Waals surface area contributed by atoms with Crippen LogP contribution in [0.4, 0.5) is 5.69 Å². The highest BCUT2D eigenvalue weighted by Gasteiger charge is 2.21. The summed E-state index contributed by atoms with van der Waals surface area (Å²) in [4.78, 5) is 19.7. The normalized spacial score (nSPS) is 13.5. The highest BCUT2D eigenvalue weighted by molar-refractivity contribution is 7.15. The number of aromatic nitrogens is 1. The van der Waals surface area contributed by atoms with E-state index in [0.29, 0.717) is 6.61 Å². The molecule has 1 aliphatic heterocycles. The summed E-state index contributed by atoms with van der Waals surface area (Å²) >= 11 is 1.76. The van der Waals surface area contributed by atoms with Crippen molar-refractivity contribution in [3.8, 4) is 22.1 Å². The van der Waals surface area contributed by atoms with Gasteiger partial charge in [-0.3, -0.25) is 9.69 Å². The molecular weight excluding hydrogens is 398 g/mol. The van der Waals surface area contributed by atoms with Gasteiger partial charge in [-0.05, 0) is 36.4 Å². The lowest BCUT2D eigenvalue weighted by molar-refractivity contribution is -0.114. The fourth-order valence-electron chi connectivity index (χ4n) is 3.45. The minimum absolute atomic E-state index is 0.0780. The van der Waals surface area contributed by atoms with E-state index in [1.807, 2.05) is 42.5 Å². The van der Waals surface area contributed by atoms with Gasteiger partial charge in [-0.1, -0.05) is 12.1 Å². The molecule has 0 fully saturated rings. The Hall–Kier alpha value is -2.90. The number of hydrogen-bond acceptors (Lipinski definition) is 6. The molecule has 0 saturated carbocycles. The fraction of sp³-hybridized carbons (Fsp3) is 0.304. The van der Waals surface area contributed by atoms with Crippen molar-refractivity contribution in [3.05, 3.63) is 59.1 Å². The van der Waals surface area contributed by atoms with Crippen molar-refractivity contribution in [1.29, 1.82) is 0 Å². The summed E-state index contributed by atoms with van der Waals surface area (Å²) in [7, 11) is 1.68. The molecule has 0 bridgehead atoms. The number of ether oxygens (including phenoxy) is 2. The number of fused-ring (bicyclic) bond motifs is 1. The summed E-state index contributed by atoms with van der Waals surface area (Å²) in [6.07, 6.45) is 0.960. The maximum atomic E-state index is 11.1. The van der Waals surface area contributed by atoms with Gasteiger partial charge in [-0.15, -0.1) is 11.3 Å². The molecule has 7 heteroatoms. The van der Waals surface area contributed by atoms with E-state index in [2.05, 4.69) is 16.3 Å². The number of anilines is 1. The molecule has 0 atom stereocenters. The van der Waals surface area contributed by atoms with E-state index < -0.39 is 0 Å². The van der Waals surface area contributed by atoms with Crippen LogP contribution in [-0.2, 0) is 17.8 Å². The Morgan fingerprint density at radius 3 is 2.80 bits per heavy atom. The van der Waals surface area contributed by atoms with Crippen molar-refractivity contribution >= 4 is 22.9 Å². The Balaban J connectivity index is 1.31. The van der Waals surface area contributed by atoms with Gasteiger partial charge in [0.1, 0.15) is 23.1 Å². The lowest BCUT2D eigenvalue weighted by Gasteiger charge is -2.25. The number of nitrogens with one attached hydrogen (secondary N) is 1. The molecule has 6 nitrogen and oxygen atoms in total. The van der Waals surface area contributed by atoms with Gasteiger partial charge < -0.3 is 14.8 Å². The monoisotopic (exact) mass is 423 g/mol. The number of carbonyl (C=O) groups excluding carboxylic acids is 1. The van der Waals surface area contributed by atoms with Crippen LogP contribution in [0.2, 0.25) is 0 Å². The number of amides is 1. The van der Waals surface area contributed by atoms with Gasteiger partial charge >= 0.3 is 0 Å². The molecule has 2 aromatic carbocycles. The molecule has 0 radical (unpaired) electrons. The van der Waals surface area contributed by atoms with E-state index in [9.17, 15) is 4.79 Å². The van der Waals surface area contributed by atoms with Crippen LogP contribution in [-0.4, -0.2) is 42.6 Å². The molecule has 1 aromatic heterocycles. The van der Waals surface area contributed by atoms with Crippen LogP contribution in [0.1, 0.15) is 17.5 Å². The minimum Gasteiger partial charge on any atom is -0.497 e. The molecule has 1 aliphatic rings. The van der Waals surface area contributed by atoms with Crippen molar-refractivity contribution < 1.29 is 14.3 Å². The molecule has 30 heavy (non-hydrogen) atoms. The van der Waals surface area contributed by atoms with Gasteiger partial charge in [0.05, 0.1) is 12.8 Å². The van der Waals surface area contributed by atoms with E-state index in [4.69, 9.17) is 14.5 Å². The predicted octanol–water partition coefficient (Wildman–Crippen LogP) is 4.21. The van der Waals surface area contributed by atoms with Gasteiger partial charge in [0.25, 0.3) is 0 Å². The molecule has 0 aliphatic carbocycles. The maximum Gasteiger partial charge on any atom is 0.221 e. The molecule has 1 amide bonds. The number of methoxy groups -OCH3 is 1. The molecule has 1 N–H and O–H groups in total. The summed E-state index contributed by atoms with van der Waals surface area (Å²) in [5.41, 5.74) is 3.09. The van der Waals surface area contributed by atoms with Crippen molar-refractivity contribution in [2.24, 2.45) is 0 Å². The van der Waals surface area contributed by atoms with E-state index in [1.165, 1.54) is 17.5 Å². The first-order chi connectivity index (χ1) is 14.6. The largest absolute Gasteiger partial charge is 0.497 e. The highest BCUT2D eigenvalue weighted by atomic mass is 32.1. The SMILES string of the molecule is COc1cccc(-c2nc3c(s2)CN(CCOc2ccc(NC(C)=O)cc2)CC3)c1. The van der Waals surface area contributed by atoms with Crippen molar-refractivity contribution in [2.75, 3.05) is 32.1 Å². The Kier molecular flexibility index (Phi) is 6.30. The molecular formula is C23H25N3O3S. The standard InChI is InChI=1S/C23H25N3O3S/c1-16(27)24-18-6-8-19(9-7-18)29-13-12-26-11-10-21-22(15-26)30-23(25-21)17-4-3-5-20(14-17)28-2/h3-9,14H,10-13,15H2,1-2H3,(H,24,27). The van der Waals surface area contributed by atoms with Crippen LogP contribution >= 0.6 is 11.3 Å². The topological polar surface area (TPSA) is 63.7 Å². The summed E-state index contributed by atoms with van der Waals surface area (Å²) in [6.45, 7) is 4.87. The second kappa shape index (κ2) is 9.28. The second-order valence-electron chi connectivity index (χ2n) is 7.20. The zero-order valence-corrected chi connectivity index (χ0v) is 18.0. The van der Waals surface area contributed by atoms with E-state index in [1.54, 1.807) is 18.4 Å². The first kappa shape index (κ1) is 20.4. The highest BCUT2D eigenvalue weighted by Crippen LogP contribution is 2.33. The molecule has 0 saturated heterocycles. The Bertz CT molecular complexity index is 1020. The number of carbonyl (C=O) groups is 1. The van der Waals surface area contributed by atoms with Crippen LogP contribution in [0.15, 0.2) is 48.5 Å². The Morgan fingerprint density at radius 1 is 1.20 bits per heavy atom. The summed E-state index contributed by atoms with van der Waals surface area (Å²) in [6, 6.07) is 15.5. The summed E-state index contributed by atoms with van der Waals surface area (Å²) in [5, 5.41) is 3.81. The minimum atomic E-state index is -0.0780. The zero-order valence-electron chi connectivity index (χ0n) is 17.2. The van der Waals surface area contributed by atoms with Crippen molar-refractivity contribution in [1.82, 2.24) is 9.88 Å². The third-order valence-electron chi connectivity index (χ3n) is 4.98. The Morgan fingerprint density at radius 2 is 2.03 bits per heavy atom.